The van der Waals surface area contributed by atoms with E-state index in [1.54, 1.807) is 44.2 Å². The monoisotopic (exact) mass is 468 g/mol. The first kappa shape index (κ1) is 26.6. The zero-order valence-corrected chi connectivity index (χ0v) is 20.0. The van der Waals surface area contributed by atoms with E-state index in [1.807, 2.05) is 30.3 Å². The van der Waals surface area contributed by atoms with E-state index in [0.29, 0.717) is 5.56 Å². The maximum Gasteiger partial charge on any atom is 0.313 e. The minimum absolute atomic E-state index is 0.00158. The number of esters is 2. The van der Waals surface area contributed by atoms with E-state index in [0.717, 1.165) is 5.56 Å². The first-order chi connectivity index (χ1) is 16.2. The van der Waals surface area contributed by atoms with Gasteiger partial charge in [-0.15, -0.1) is 0 Å². The van der Waals surface area contributed by atoms with Crippen molar-refractivity contribution in [3.05, 3.63) is 71.8 Å². The molecule has 2 atom stereocenters. The quantitative estimate of drug-likeness (QED) is 0.491. The van der Waals surface area contributed by atoms with E-state index in [9.17, 15) is 19.2 Å². The number of benzene rings is 2. The summed E-state index contributed by atoms with van der Waals surface area (Å²) in [7, 11) is 2.54. The Balaban J connectivity index is 2.28. The Morgan fingerprint density at radius 3 is 2.00 bits per heavy atom. The third-order valence-electron chi connectivity index (χ3n) is 5.70. The zero-order chi connectivity index (χ0) is 25.1. The van der Waals surface area contributed by atoms with Crippen molar-refractivity contribution in [2.24, 2.45) is 5.41 Å². The van der Waals surface area contributed by atoms with Crippen LogP contribution in [0.15, 0.2) is 60.7 Å². The van der Waals surface area contributed by atoms with Gasteiger partial charge in [-0.3, -0.25) is 19.2 Å². The highest BCUT2D eigenvalue weighted by atomic mass is 16.5. The normalized spacial score (nSPS) is 12.7. The lowest BCUT2D eigenvalue weighted by molar-refractivity contribution is -0.154. The molecule has 2 N–H and O–H groups in total. The van der Waals surface area contributed by atoms with Crippen LogP contribution in [-0.4, -0.2) is 50.1 Å². The van der Waals surface area contributed by atoms with Crippen molar-refractivity contribution in [2.75, 3.05) is 14.2 Å². The van der Waals surface area contributed by atoms with Gasteiger partial charge in [-0.1, -0.05) is 48.5 Å². The fourth-order valence-electron chi connectivity index (χ4n) is 3.55. The minimum Gasteiger partial charge on any atom is -0.469 e. The van der Waals surface area contributed by atoms with Gasteiger partial charge in [0.15, 0.2) is 0 Å². The van der Waals surface area contributed by atoms with Gasteiger partial charge < -0.3 is 20.1 Å². The molecule has 0 fully saturated rings. The highest BCUT2D eigenvalue weighted by Crippen LogP contribution is 2.26. The van der Waals surface area contributed by atoms with Crippen molar-refractivity contribution >= 4 is 23.8 Å². The van der Waals surface area contributed by atoms with Gasteiger partial charge >= 0.3 is 11.9 Å². The van der Waals surface area contributed by atoms with Crippen molar-refractivity contribution in [2.45, 2.75) is 45.2 Å². The molecule has 8 heteroatoms. The highest BCUT2D eigenvalue weighted by molar-refractivity contribution is 5.97. The number of methoxy groups -OCH3 is 2. The molecule has 34 heavy (non-hydrogen) atoms. The lowest BCUT2D eigenvalue weighted by atomic mass is 9.81. The van der Waals surface area contributed by atoms with Crippen LogP contribution in [0.2, 0.25) is 0 Å². The van der Waals surface area contributed by atoms with Gasteiger partial charge in [0.05, 0.1) is 19.6 Å². The molecule has 0 saturated carbocycles. The van der Waals surface area contributed by atoms with Crippen LogP contribution >= 0.6 is 0 Å². The predicted molar refractivity (Wildman–Crippen MR) is 127 cm³/mol. The van der Waals surface area contributed by atoms with Crippen LogP contribution in [0.3, 0.4) is 0 Å². The molecule has 0 aliphatic carbocycles. The van der Waals surface area contributed by atoms with Crippen LogP contribution in [0.25, 0.3) is 0 Å². The number of carbonyl (C=O) groups is 4. The summed E-state index contributed by atoms with van der Waals surface area (Å²) in [6.07, 6.45) is 0.403. The van der Waals surface area contributed by atoms with E-state index in [1.165, 1.54) is 14.2 Å². The second-order valence-electron chi connectivity index (χ2n) is 8.47. The third kappa shape index (κ3) is 7.43. The molecule has 2 aromatic rings. The summed E-state index contributed by atoms with van der Waals surface area (Å²) in [5.41, 5.74) is 0.152. The molecule has 2 aromatic carbocycles. The van der Waals surface area contributed by atoms with Crippen molar-refractivity contribution in [1.29, 1.82) is 0 Å². The number of nitrogens with one attached hydrogen (secondary N) is 2. The summed E-state index contributed by atoms with van der Waals surface area (Å²) in [5.74, 6) is -1.86. The van der Waals surface area contributed by atoms with E-state index >= 15 is 0 Å². The molecule has 8 nitrogen and oxygen atoms in total. The largest absolute Gasteiger partial charge is 0.469 e. The SMILES string of the molecule is COC(=O)CCC(NC(=O)[C@H](Cc1ccccc1)NC(=O)c1ccccc1)C(C)(C)C(=O)OC. The number of rotatable bonds is 11. The van der Waals surface area contributed by atoms with E-state index in [-0.39, 0.29) is 19.3 Å². The van der Waals surface area contributed by atoms with Crippen LogP contribution in [0, 0.1) is 5.41 Å². The van der Waals surface area contributed by atoms with Gasteiger partial charge in [0.1, 0.15) is 6.04 Å². The van der Waals surface area contributed by atoms with Crippen LogP contribution in [0.5, 0.6) is 0 Å². The molecule has 2 rings (SSSR count). The summed E-state index contributed by atoms with van der Waals surface area (Å²) in [6, 6.07) is 16.2. The fraction of sp³-hybridized carbons (Fsp3) is 0.385. The average molecular weight is 469 g/mol. The smallest absolute Gasteiger partial charge is 0.313 e. The third-order valence-corrected chi connectivity index (χ3v) is 5.70. The number of amides is 2. The standard InChI is InChI=1S/C26H32N2O6/c1-26(2,25(32)34-4)21(15-16-22(29)33-3)28-24(31)20(17-18-11-7-5-8-12-18)27-23(30)19-13-9-6-10-14-19/h5-14,20-21H,15-17H2,1-4H3,(H,27,30)(H,28,31)/t20-,21?/m0/s1. The van der Waals surface area contributed by atoms with Crippen LogP contribution < -0.4 is 10.6 Å². The van der Waals surface area contributed by atoms with Crippen LogP contribution in [0.1, 0.15) is 42.6 Å². The number of ether oxygens (including phenoxy) is 2. The van der Waals surface area contributed by atoms with Crippen molar-refractivity contribution in [3.63, 3.8) is 0 Å². The van der Waals surface area contributed by atoms with Crippen LogP contribution in [-0.2, 0) is 30.3 Å². The Kier molecular flexibility index (Phi) is 9.79. The minimum atomic E-state index is -1.13. The Hall–Kier alpha value is -3.68. The zero-order valence-electron chi connectivity index (χ0n) is 20.0. The molecule has 0 radical (unpaired) electrons. The van der Waals surface area contributed by atoms with Gasteiger partial charge in [-0.2, -0.15) is 0 Å². The molecule has 1 unspecified atom stereocenters. The average Bonchev–Trinajstić information content (AvgIpc) is 2.86. The van der Waals surface area contributed by atoms with Gasteiger partial charge in [0, 0.05) is 24.4 Å². The molecule has 0 saturated heterocycles. The molecule has 0 aliphatic heterocycles. The molecule has 0 bridgehead atoms. The lowest BCUT2D eigenvalue weighted by Gasteiger charge is -2.33. The fourth-order valence-corrected chi connectivity index (χ4v) is 3.55. The molecular formula is C26H32N2O6. The van der Waals surface area contributed by atoms with Crippen molar-refractivity contribution in [3.8, 4) is 0 Å². The first-order valence-corrected chi connectivity index (χ1v) is 11.0. The molecule has 0 aliphatic rings. The number of hydrogen-bond acceptors (Lipinski definition) is 6. The Morgan fingerprint density at radius 1 is 0.853 bits per heavy atom. The van der Waals surface area contributed by atoms with E-state index in [4.69, 9.17) is 9.47 Å². The summed E-state index contributed by atoms with van der Waals surface area (Å²) in [5, 5.41) is 5.67. The summed E-state index contributed by atoms with van der Waals surface area (Å²) >= 11 is 0. The van der Waals surface area contributed by atoms with Crippen molar-refractivity contribution in [1.82, 2.24) is 10.6 Å². The molecular weight excluding hydrogens is 436 g/mol. The Bertz CT molecular complexity index is 975. The van der Waals surface area contributed by atoms with Crippen LogP contribution in [0.4, 0.5) is 0 Å². The molecule has 0 heterocycles. The van der Waals surface area contributed by atoms with E-state index < -0.39 is 41.3 Å². The topological polar surface area (TPSA) is 111 Å². The van der Waals surface area contributed by atoms with Crippen molar-refractivity contribution < 1.29 is 28.7 Å². The number of hydrogen-bond donors (Lipinski definition) is 2. The van der Waals surface area contributed by atoms with Gasteiger partial charge in [0.25, 0.3) is 5.91 Å². The molecule has 182 valence electrons. The second kappa shape index (κ2) is 12.5. The molecule has 0 aromatic heterocycles. The van der Waals surface area contributed by atoms with Gasteiger partial charge in [-0.05, 0) is 38.0 Å². The van der Waals surface area contributed by atoms with Gasteiger partial charge in [-0.25, -0.2) is 0 Å². The first-order valence-electron chi connectivity index (χ1n) is 11.0. The summed E-state index contributed by atoms with van der Waals surface area (Å²) in [4.78, 5) is 50.4. The number of carbonyl (C=O) groups excluding carboxylic acids is 4. The molecule has 0 spiro atoms. The Morgan fingerprint density at radius 2 is 1.44 bits per heavy atom. The van der Waals surface area contributed by atoms with E-state index in [2.05, 4.69) is 10.6 Å². The predicted octanol–water partition coefficient (Wildman–Crippen LogP) is 2.66. The molecule has 2 amide bonds. The second-order valence-corrected chi connectivity index (χ2v) is 8.47. The summed E-state index contributed by atoms with van der Waals surface area (Å²) < 4.78 is 9.62. The maximum absolute atomic E-state index is 13.4. The van der Waals surface area contributed by atoms with Gasteiger partial charge in [0.2, 0.25) is 5.91 Å². The summed E-state index contributed by atoms with van der Waals surface area (Å²) in [6.45, 7) is 3.27. The highest BCUT2D eigenvalue weighted by Gasteiger charge is 2.40. The maximum atomic E-state index is 13.4. The lowest BCUT2D eigenvalue weighted by Crippen LogP contribution is -2.55. The Labute approximate surface area is 200 Å².